The first-order chi connectivity index (χ1) is 13.7. The van der Waals surface area contributed by atoms with Gasteiger partial charge in [0.2, 0.25) is 5.91 Å². The average molecular weight is 375 g/mol. The smallest absolute Gasteiger partial charge is 0.226 e. The van der Waals surface area contributed by atoms with Crippen LogP contribution in [0.1, 0.15) is 48.8 Å². The summed E-state index contributed by atoms with van der Waals surface area (Å²) in [4.78, 5) is 12.4. The molecule has 2 heterocycles. The number of nitrogens with zero attached hydrogens (tertiary/aromatic N) is 2. The summed E-state index contributed by atoms with van der Waals surface area (Å²) in [6.07, 6.45) is 4.45. The molecule has 1 amide bonds. The fourth-order valence-electron chi connectivity index (χ4n) is 3.53. The van der Waals surface area contributed by atoms with Gasteiger partial charge in [-0.25, -0.2) is 4.68 Å². The summed E-state index contributed by atoms with van der Waals surface area (Å²) in [5, 5.41) is 7.56. The normalized spacial score (nSPS) is 15.8. The van der Waals surface area contributed by atoms with Gasteiger partial charge in [0.15, 0.2) is 0 Å². The number of rotatable bonds is 6. The van der Waals surface area contributed by atoms with E-state index in [-0.39, 0.29) is 11.8 Å². The van der Waals surface area contributed by atoms with Gasteiger partial charge in [-0.15, -0.1) is 0 Å². The Hall–Kier alpha value is -3.08. The van der Waals surface area contributed by atoms with E-state index in [1.165, 1.54) is 5.56 Å². The van der Waals surface area contributed by atoms with E-state index in [1.807, 2.05) is 42.6 Å². The molecular weight excluding hydrogens is 350 g/mol. The molecule has 5 heteroatoms. The van der Waals surface area contributed by atoms with Crippen molar-refractivity contribution in [1.29, 1.82) is 0 Å². The highest BCUT2D eigenvalue weighted by Crippen LogP contribution is 2.38. The molecule has 0 spiro atoms. The maximum atomic E-state index is 12.4. The highest BCUT2D eigenvalue weighted by atomic mass is 16.5. The lowest BCUT2D eigenvalue weighted by Crippen LogP contribution is -2.24. The van der Waals surface area contributed by atoms with Crippen LogP contribution in [-0.4, -0.2) is 22.3 Å². The van der Waals surface area contributed by atoms with E-state index in [2.05, 4.69) is 36.4 Å². The molecule has 0 aliphatic carbocycles. The molecule has 28 heavy (non-hydrogen) atoms. The molecule has 144 valence electrons. The molecule has 1 atom stereocenters. The fourth-order valence-corrected chi connectivity index (χ4v) is 3.53. The summed E-state index contributed by atoms with van der Waals surface area (Å²) in [6, 6.07) is 16.2. The molecule has 2 aromatic carbocycles. The number of fused-ring (bicyclic) bond motifs is 1. The SMILES string of the molecule is CCCCOc1ccc([C@H]2CC(=O)Nc3c2cnn3-c2ccc(C)cc2)cc1. The van der Waals surface area contributed by atoms with Gasteiger partial charge in [-0.05, 0) is 43.2 Å². The van der Waals surface area contributed by atoms with Crippen LogP contribution in [0.3, 0.4) is 0 Å². The second-order valence-corrected chi connectivity index (χ2v) is 7.27. The molecule has 1 N–H and O–H groups in total. The van der Waals surface area contributed by atoms with Crippen LogP contribution in [-0.2, 0) is 4.79 Å². The van der Waals surface area contributed by atoms with Crippen molar-refractivity contribution < 1.29 is 9.53 Å². The summed E-state index contributed by atoms with van der Waals surface area (Å²) in [6.45, 7) is 4.93. The maximum absolute atomic E-state index is 12.4. The van der Waals surface area contributed by atoms with E-state index in [0.717, 1.165) is 47.8 Å². The van der Waals surface area contributed by atoms with E-state index in [4.69, 9.17) is 4.74 Å². The third-order valence-corrected chi connectivity index (χ3v) is 5.15. The van der Waals surface area contributed by atoms with Crippen molar-refractivity contribution in [3.05, 3.63) is 71.4 Å². The average Bonchev–Trinajstić information content (AvgIpc) is 3.12. The van der Waals surface area contributed by atoms with Crippen LogP contribution in [0.4, 0.5) is 5.82 Å². The van der Waals surface area contributed by atoms with Gasteiger partial charge in [0.25, 0.3) is 0 Å². The zero-order chi connectivity index (χ0) is 19.5. The fraction of sp³-hybridized carbons (Fsp3) is 0.304. The van der Waals surface area contributed by atoms with Crippen LogP contribution in [0.5, 0.6) is 5.75 Å². The van der Waals surface area contributed by atoms with Crippen LogP contribution < -0.4 is 10.1 Å². The summed E-state index contributed by atoms with van der Waals surface area (Å²) in [5.41, 5.74) is 4.27. The van der Waals surface area contributed by atoms with Crippen molar-refractivity contribution in [2.45, 2.75) is 39.0 Å². The number of aryl methyl sites for hydroxylation is 1. The lowest BCUT2D eigenvalue weighted by atomic mass is 9.87. The number of carbonyl (C=O) groups is 1. The number of unbranched alkanes of at least 4 members (excludes halogenated alkanes) is 1. The van der Waals surface area contributed by atoms with Gasteiger partial charge in [0.05, 0.1) is 18.5 Å². The molecule has 5 nitrogen and oxygen atoms in total. The first-order valence-electron chi connectivity index (χ1n) is 9.83. The van der Waals surface area contributed by atoms with E-state index in [0.29, 0.717) is 6.42 Å². The van der Waals surface area contributed by atoms with Gasteiger partial charge < -0.3 is 10.1 Å². The number of benzene rings is 2. The highest BCUT2D eigenvalue weighted by molar-refractivity contribution is 5.94. The lowest BCUT2D eigenvalue weighted by Gasteiger charge is -2.24. The number of hydrogen-bond donors (Lipinski definition) is 1. The van der Waals surface area contributed by atoms with Gasteiger partial charge in [-0.3, -0.25) is 4.79 Å². The standard InChI is InChI=1S/C23H25N3O2/c1-3-4-13-28-19-11-7-17(8-12-19)20-14-22(27)25-23-21(20)15-24-26(23)18-9-5-16(2)6-10-18/h5-12,15,20H,3-4,13-14H2,1-2H3,(H,25,27)/t20-/m1/s1. The molecule has 3 aromatic rings. The second-order valence-electron chi connectivity index (χ2n) is 7.27. The zero-order valence-corrected chi connectivity index (χ0v) is 16.3. The third-order valence-electron chi connectivity index (χ3n) is 5.15. The van der Waals surface area contributed by atoms with E-state index in [9.17, 15) is 4.79 Å². The molecular formula is C23H25N3O2. The number of carbonyl (C=O) groups excluding carboxylic acids is 1. The van der Waals surface area contributed by atoms with E-state index < -0.39 is 0 Å². The summed E-state index contributed by atoms with van der Waals surface area (Å²) in [7, 11) is 0. The largest absolute Gasteiger partial charge is 0.494 e. The van der Waals surface area contributed by atoms with Gasteiger partial charge in [0, 0.05) is 17.9 Å². The maximum Gasteiger partial charge on any atom is 0.226 e. The molecule has 1 aliphatic heterocycles. The van der Waals surface area contributed by atoms with Crippen molar-refractivity contribution in [3.63, 3.8) is 0 Å². The van der Waals surface area contributed by atoms with Crippen LogP contribution in [0.2, 0.25) is 0 Å². The van der Waals surface area contributed by atoms with Gasteiger partial charge in [-0.1, -0.05) is 43.2 Å². The highest BCUT2D eigenvalue weighted by Gasteiger charge is 2.30. The molecule has 1 aliphatic rings. The second kappa shape index (κ2) is 7.89. The Balaban J connectivity index is 1.62. The minimum Gasteiger partial charge on any atom is -0.494 e. The van der Waals surface area contributed by atoms with E-state index in [1.54, 1.807) is 4.68 Å². The van der Waals surface area contributed by atoms with Crippen molar-refractivity contribution in [2.75, 3.05) is 11.9 Å². The zero-order valence-electron chi connectivity index (χ0n) is 16.3. The monoisotopic (exact) mass is 375 g/mol. The Morgan fingerprint density at radius 3 is 2.61 bits per heavy atom. The topological polar surface area (TPSA) is 56.1 Å². The number of ether oxygens (including phenoxy) is 1. The minimum atomic E-state index is -0.00681. The Morgan fingerprint density at radius 1 is 1.14 bits per heavy atom. The Bertz CT molecular complexity index is 959. The Kier molecular flexibility index (Phi) is 5.15. The van der Waals surface area contributed by atoms with Gasteiger partial charge in [-0.2, -0.15) is 5.10 Å². The molecule has 0 radical (unpaired) electrons. The minimum absolute atomic E-state index is 0.00681. The number of hydrogen-bond acceptors (Lipinski definition) is 3. The Morgan fingerprint density at radius 2 is 1.89 bits per heavy atom. The predicted octanol–water partition coefficient (Wildman–Crippen LogP) is 4.83. The molecule has 0 bridgehead atoms. The first-order valence-corrected chi connectivity index (χ1v) is 9.83. The molecule has 0 unspecified atom stereocenters. The van der Waals surface area contributed by atoms with Crippen molar-refractivity contribution >= 4 is 11.7 Å². The van der Waals surface area contributed by atoms with E-state index >= 15 is 0 Å². The molecule has 4 rings (SSSR count). The summed E-state index contributed by atoms with van der Waals surface area (Å²) in [5.74, 6) is 1.63. The summed E-state index contributed by atoms with van der Waals surface area (Å²) < 4.78 is 7.56. The first kappa shape index (κ1) is 18.3. The van der Waals surface area contributed by atoms with Crippen molar-refractivity contribution in [1.82, 2.24) is 9.78 Å². The number of aromatic nitrogens is 2. The molecule has 1 aromatic heterocycles. The lowest BCUT2D eigenvalue weighted by molar-refractivity contribution is -0.116. The Labute approximate surface area is 165 Å². The predicted molar refractivity (Wildman–Crippen MR) is 110 cm³/mol. The van der Waals surface area contributed by atoms with Crippen molar-refractivity contribution in [2.24, 2.45) is 0 Å². The molecule has 0 saturated carbocycles. The van der Waals surface area contributed by atoms with Crippen LogP contribution in [0.15, 0.2) is 54.7 Å². The van der Waals surface area contributed by atoms with Crippen LogP contribution in [0, 0.1) is 6.92 Å². The third kappa shape index (κ3) is 3.65. The molecule has 0 fully saturated rings. The number of anilines is 1. The van der Waals surface area contributed by atoms with Gasteiger partial charge >= 0.3 is 0 Å². The van der Waals surface area contributed by atoms with Crippen LogP contribution >= 0.6 is 0 Å². The number of nitrogens with one attached hydrogen (secondary N) is 1. The van der Waals surface area contributed by atoms with Gasteiger partial charge in [0.1, 0.15) is 11.6 Å². The number of amides is 1. The molecule has 0 saturated heterocycles. The quantitative estimate of drug-likeness (QED) is 0.628. The van der Waals surface area contributed by atoms with Crippen LogP contribution in [0.25, 0.3) is 5.69 Å². The van der Waals surface area contributed by atoms with Crippen molar-refractivity contribution in [3.8, 4) is 11.4 Å². The summed E-state index contributed by atoms with van der Waals surface area (Å²) >= 11 is 0.